The zero-order valence-corrected chi connectivity index (χ0v) is 10.7. The maximum absolute atomic E-state index is 12.2. The lowest BCUT2D eigenvalue weighted by molar-refractivity contribution is 0.101. The highest BCUT2D eigenvalue weighted by molar-refractivity contribution is 6.05. The number of rotatable bonds is 2. The van der Waals surface area contributed by atoms with Crippen LogP contribution in [-0.4, -0.2) is 15.5 Å². The van der Waals surface area contributed by atoms with Crippen LogP contribution < -0.4 is 5.32 Å². The fourth-order valence-corrected chi connectivity index (χ4v) is 1.99. The van der Waals surface area contributed by atoms with Crippen LogP contribution in [0.2, 0.25) is 0 Å². The summed E-state index contributed by atoms with van der Waals surface area (Å²) in [5.74, 6) is 0.332. The zero-order valence-electron chi connectivity index (χ0n) is 10.7. The molecule has 1 amide bonds. The highest BCUT2D eigenvalue weighted by Gasteiger charge is 2.15. The molecular weight excluding hydrogens is 242 g/mol. The molecule has 0 saturated carbocycles. The van der Waals surface area contributed by atoms with E-state index in [0.717, 1.165) is 11.1 Å². The second kappa shape index (κ2) is 4.28. The Morgan fingerprint density at radius 3 is 2.89 bits per heavy atom. The molecule has 0 atom stereocenters. The van der Waals surface area contributed by atoms with E-state index >= 15 is 0 Å². The van der Waals surface area contributed by atoms with Crippen LogP contribution in [0, 0.1) is 6.92 Å². The Bertz CT molecular complexity index is 738. The third-order valence-electron chi connectivity index (χ3n) is 3.05. The monoisotopic (exact) mass is 255 g/mol. The number of aromatic nitrogens is 2. The molecule has 3 aromatic rings. The van der Waals surface area contributed by atoms with Gasteiger partial charge in [0.1, 0.15) is 11.5 Å². The van der Waals surface area contributed by atoms with Gasteiger partial charge in [-0.3, -0.25) is 4.79 Å². The first kappa shape index (κ1) is 11.5. The van der Waals surface area contributed by atoms with Gasteiger partial charge in [0.2, 0.25) is 0 Å². The number of anilines is 1. The van der Waals surface area contributed by atoms with Crippen molar-refractivity contribution in [3.63, 3.8) is 0 Å². The molecule has 3 heterocycles. The first-order chi connectivity index (χ1) is 9.15. The van der Waals surface area contributed by atoms with E-state index < -0.39 is 0 Å². The summed E-state index contributed by atoms with van der Waals surface area (Å²) < 4.78 is 7.07. The van der Waals surface area contributed by atoms with Crippen molar-refractivity contribution in [2.75, 3.05) is 5.32 Å². The van der Waals surface area contributed by atoms with Crippen LogP contribution in [0.25, 0.3) is 11.1 Å². The summed E-state index contributed by atoms with van der Waals surface area (Å²) in [5, 5.41) is 2.76. The van der Waals surface area contributed by atoms with Gasteiger partial charge in [-0.2, -0.15) is 0 Å². The number of amides is 1. The molecule has 5 nitrogen and oxygen atoms in total. The number of hydrogen-bond acceptors (Lipinski definition) is 3. The molecule has 0 fully saturated rings. The van der Waals surface area contributed by atoms with Crippen molar-refractivity contribution in [1.82, 2.24) is 9.55 Å². The molecule has 1 N–H and O–H groups in total. The average molecular weight is 255 g/mol. The Balaban J connectivity index is 1.89. The Morgan fingerprint density at radius 2 is 2.21 bits per heavy atom. The third kappa shape index (κ3) is 1.99. The lowest BCUT2D eigenvalue weighted by atomic mass is 10.3. The quantitative estimate of drug-likeness (QED) is 0.766. The van der Waals surface area contributed by atoms with Crippen LogP contribution in [-0.2, 0) is 7.05 Å². The van der Waals surface area contributed by atoms with Gasteiger partial charge in [-0.1, -0.05) is 6.07 Å². The second-order valence-electron chi connectivity index (χ2n) is 4.43. The van der Waals surface area contributed by atoms with Crippen LogP contribution in [0.15, 0.2) is 41.1 Å². The molecular formula is C14H13N3O2. The van der Waals surface area contributed by atoms with E-state index in [1.54, 1.807) is 29.2 Å². The molecule has 0 unspecified atom stereocenters. The van der Waals surface area contributed by atoms with Crippen molar-refractivity contribution in [1.29, 1.82) is 0 Å². The van der Waals surface area contributed by atoms with Gasteiger partial charge in [-0.25, -0.2) is 4.98 Å². The predicted octanol–water partition coefficient (Wildman–Crippen LogP) is 2.73. The summed E-state index contributed by atoms with van der Waals surface area (Å²) in [6.45, 7) is 1.95. The van der Waals surface area contributed by atoms with Crippen molar-refractivity contribution >= 4 is 22.8 Å². The Kier molecular flexibility index (Phi) is 2.59. The van der Waals surface area contributed by atoms with E-state index in [-0.39, 0.29) is 5.91 Å². The minimum atomic E-state index is -0.203. The van der Waals surface area contributed by atoms with Crippen LogP contribution in [0.1, 0.15) is 16.1 Å². The summed E-state index contributed by atoms with van der Waals surface area (Å²) in [6.07, 6.45) is 3.32. The van der Waals surface area contributed by atoms with Crippen molar-refractivity contribution in [3.05, 3.63) is 48.0 Å². The molecule has 3 aromatic heterocycles. The first-order valence-corrected chi connectivity index (χ1v) is 5.92. The summed E-state index contributed by atoms with van der Waals surface area (Å²) >= 11 is 0. The molecule has 0 radical (unpaired) electrons. The predicted molar refractivity (Wildman–Crippen MR) is 72.1 cm³/mol. The van der Waals surface area contributed by atoms with Gasteiger partial charge in [-0.05, 0) is 18.6 Å². The largest absolute Gasteiger partial charge is 0.463 e. The summed E-state index contributed by atoms with van der Waals surface area (Å²) in [5.41, 5.74) is 3.18. The van der Waals surface area contributed by atoms with Gasteiger partial charge in [0.15, 0.2) is 5.58 Å². The number of carbonyl (C=O) groups is 1. The third-order valence-corrected chi connectivity index (χ3v) is 3.05. The molecule has 0 aliphatic rings. The van der Waals surface area contributed by atoms with Gasteiger partial charge < -0.3 is 14.3 Å². The smallest absolute Gasteiger partial charge is 0.273 e. The van der Waals surface area contributed by atoms with Crippen LogP contribution in [0.3, 0.4) is 0 Å². The lowest BCUT2D eigenvalue weighted by Crippen LogP contribution is -2.16. The molecule has 3 rings (SSSR count). The standard InChI is InChI=1S/C14H13N3O2/c1-9-3-4-13(15-8-9)16-14(18)11-7-12-10(17(11)2)5-6-19-12/h3-8H,1-2H3,(H,15,16,18). The zero-order chi connectivity index (χ0) is 13.4. The SMILES string of the molecule is Cc1ccc(NC(=O)c2cc3occc3n2C)nc1. The van der Waals surface area contributed by atoms with Crippen molar-refractivity contribution in [2.24, 2.45) is 7.05 Å². The summed E-state index contributed by atoms with van der Waals surface area (Å²) in [6, 6.07) is 7.23. The minimum Gasteiger partial charge on any atom is -0.463 e. The number of nitrogens with one attached hydrogen (secondary N) is 1. The number of carbonyl (C=O) groups excluding carboxylic acids is 1. The van der Waals surface area contributed by atoms with E-state index in [4.69, 9.17) is 4.42 Å². The highest BCUT2D eigenvalue weighted by Crippen LogP contribution is 2.20. The number of hydrogen-bond donors (Lipinski definition) is 1. The van der Waals surface area contributed by atoms with E-state index in [1.807, 2.05) is 26.1 Å². The first-order valence-electron chi connectivity index (χ1n) is 5.92. The average Bonchev–Trinajstić information content (AvgIpc) is 2.96. The van der Waals surface area contributed by atoms with Crippen molar-refractivity contribution < 1.29 is 9.21 Å². The van der Waals surface area contributed by atoms with Crippen LogP contribution in [0.4, 0.5) is 5.82 Å². The summed E-state index contributed by atoms with van der Waals surface area (Å²) in [4.78, 5) is 16.3. The molecule has 0 saturated heterocycles. The van der Waals surface area contributed by atoms with Crippen molar-refractivity contribution in [2.45, 2.75) is 6.92 Å². The molecule has 0 aromatic carbocycles. The fourth-order valence-electron chi connectivity index (χ4n) is 1.99. The van der Waals surface area contributed by atoms with Crippen LogP contribution in [0.5, 0.6) is 0 Å². The maximum atomic E-state index is 12.2. The van der Waals surface area contributed by atoms with Gasteiger partial charge >= 0.3 is 0 Å². The minimum absolute atomic E-state index is 0.203. The van der Waals surface area contributed by atoms with E-state index in [9.17, 15) is 4.79 Å². The van der Waals surface area contributed by atoms with Gasteiger partial charge in [0.25, 0.3) is 5.91 Å². The molecule has 0 bridgehead atoms. The fraction of sp³-hybridized carbons (Fsp3) is 0.143. The van der Waals surface area contributed by atoms with Crippen molar-refractivity contribution in [3.8, 4) is 0 Å². The second-order valence-corrected chi connectivity index (χ2v) is 4.43. The number of nitrogens with zero attached hydrogens (tertiary/aromatic N) is 2. The van der Waals surface area contributed by atoms with Gasteiger partial charge in [-0.15, -0.1) is 0 Å². The Hall–Kier alpha value is -2.56. The Morgan fingerprint density at radius 1 is 1.37 bits per heavy atom. The number of fused-ring (bicyclic) bond motifs is 1. The lowest BCUT2D eigenvalue weighted by Gasteiger charge is -2.05. The van der Waals surface area contributed by atoms with Gasteiger partial charge in [0, 0.05) is 25.4 Å². The van der Waals surface area contributed by atoms with E-state index in [2.05, 4.69) is 10.3 Å². The molecule has 96 valence electrons. The molecule has 0 aliphatic heterocycles. The van der Waals surface area contributed by atoms with E-state index in [0.29, 0.717) is 17.1 Å². The number of aryl methyl sites for hydroxylation is 2. The molecule has 0 aliphatic carbocycles. The number of furan rings is 1. The van der Waals surface area contributed by atoms with E-state index in [1.165, 1.54) is 0 Å². The Labute approximate surface area is 109 Å². The van der Waals surface area contributed by atoms with Crippen LogP contribution >= 0.6 is 0 Å². The molecule has 0 spiro atoms. The highest BCUT2D eigenvalue weighted by atomic mass is 16.3. The summed E-state index contributed by atoms with van der Waals surface area (Å²) in [7, 11) is 1.83. The number of pyridine rings is 1. The topological polar surface area (TPSA) is 60.1 Å². The maximum Gasteiger partial charge on any atom is 0.273 e. The molecule has 19 heavy (non-hydrogen) atoms. The normalized spacial score (nSPS) is 10.8. The van der Waals surface area contributed by atoms with Gasteiger partial charge in [0.05, 0.1) is 11.8 Å². The molecule has 5 heteroatoms.